The topological polar surface area (TPSA) is 71.6 Å². The van der Waals surface area contributed by atoms with Crippen molar-refractivity contribution in [1.29, 1.82) is 0 Å². The van der Waals surface area contributed by atoms with Gasteiger partial charge in [0, 0.05) is 37.8 Å². The van der Waals surface area contributed by atoms with E-state index < -0.39 is 0 Å². The zero-order valence-electron chi connectivity index (χ0n) is 8.85. The summed E-state index contributed by atoms with van der Waals surface area (Å²) < 4.78 is 5.00. The molecule has 5 nitrogen and oxygen atoms in total. The van der Waals surface area contributed by atoms with Crippen LogP contribution in [0.2, 0.25) is 0 Å². The fourth-order valence-electron chi connectivity index (χ4n) is 1.25. The van der Waals surface area contributed by atoms with Crippen LogP contribution in [0, 0.1) is 0 Å². The smallest absolute Gasteiger partial charge is 0.180 e. The molecule has 15 heavy (non-hydrogen) atoms. The molecule has 0 amide bonds. The van der Waals surface area contributed by atoms with E-state index in [1.807, 2.05) is 0 Å². The maximum atomic E-state index is 8.90. The predicted octanol–water partition coefficient (Wildman–Crippen LogP) is 0.166. The number of aliphatic hydroxyl groups is 1. The van der Waals surface area contributed by atoms with E-state index in [1.165, 1.54) is 11.3 Å². The third kappa shape index (κ3) is 4.57. The van der Waals surface area contributed by atoms with Crippen molar-refractivity contribution in [2.24, 2.45) is 0 Å². The Bertz CT molecular complexity index is 280. The standard InChI is InChI=1S/C9H17N3O2S/c1-14-5-3-12(2-4-13)7-8-6-11-9(10)15-8/h6,13H,2-5,7H2,1H3,(H2,10,11). The second-order valence-corrected chi connectivity index (χ2v) is 4.30. The van der Waals surface area contributed by atoms with Gasteiger partial charge in [-0.25, -0.2) is 4.98 Å². The van der Waals surface area contributed by atoms with E-state index in [2.05, 4.69) is 9.88 Å². The minimum atomic E-state index is 0.151. The fraction of sp³-hybridized carbons (Fsp3) is 0.667. The molecule has 0 radical (unpaired) electrons. The summed E-state index contributed by atoms with van der Waals surface area (Å²) in [5.74, 6) is 0. The highest BCUT2D eigenvalue weighted by molar-refractivity contribution is 7.15. The molecule has 1 heterocycles. The van der Waals surface area contributed by atoms with Crippen molar-refractivity contribution in [2.75, 3.05) is 39.1 Å². The third-order valence-electron chi connectivity index (χ3n) is 1.98. The molecule has 0 aromatic carbocycles. The first kappa shape index (κ1) is 12.4. The average Bonchev–Trinajstić information content (AvgIpc) is 2.61. The number of hydrogen-bond donors (Lipinski definition) is 2. The van der Waals surface area contributed by atoms with Gasteiger partial charge in [0.15, 0.2) is 5.13 Å². The number of rotatable bonds is 7. The third-order valence-corrected chi connectivity index (χ3v) is 2.79. The van der Waals surface area contributed by atoms with Gasteiger partial charge in [-0.3, -0.25) is 4.90 Å². The van der Waals surface area contributed by atoms with Gasteiger partial charge in [0.1, 0.15) is 0 Å². The van der Waals surface area contributed by atoms with E-state index in [-0.39, 0.29) is 6.61 Å². The van der Waals surface area contributed by atoms with Gasteiger partial charge in [-0.15, -0.1) is 11.3 Å². The largest absolute Gasteiger partial charge is 0.395 e. The highest BCUT2D eigenvalue weighted by Crippen LogP contribution is 2.16. The Hall–Kier alpha value is -0.690. The Balaban J connectivity index is 2.42. The lowest BCUT2D eigenvalue weighted by molar-refractivity contribution is 0.127. The molecule has 0 aliphatic rings. The van der Waals surface area contributed by atoms with Crippen molar-refractivity contribution in [1.82, 2.24) is 9.88 Å². The van der Waals surface area contributed by atoms with E-state index in [0.29, 0.717) is 18.3 Å². The van der Waals surface area contributed by atoms with E-state index in [0.717, 1.165) is 18.0 Å². The van der Waals surface area contributed by atoms with Gasteiger partial charge in [0.2, 0.25) is 0 Å². The number of anilines is 1. The van der Waals surface area contributed by atoms with Crippen LogP contribution in [0.25, 0.3) is 0 Å². The summed E-state index contributed by atoms with van der Waals surface area (Å²) in [6, 6.07) is 0. The van der Waals surface area contributed by atoms with Crippen LogP contribution < -0.4 is 5.73 Å². The second-order valence-electron chi connectivity index (χ2n) is 3.16. The molecule has 86 valence electrons. The van der Waals surface area contributed by atoms with E-state index in [4.69, 9.17) is 15.6 Å². The van der Waals surface area contributed by atoms with E-state index >= 15 is 0 Å². The van der Waals surface area contributed by atoms with Crippen LogP contribution in [0.5, 0.6) is 0 Å². The molecule has 0 atom stereocenters. The maximum Gasteiger partial charge on any atom is 0.180 e. The van der Waals surface area contributed by atoms with E-state index in [9.17, 15) is 0 Å². The van der Waals surface area contributed by atoms with Gasteiger partial charge in [-0.1, -0.05) is 0 Å². The summed E-state index contributed by atoms with van der Waals surface area (Å²) in [6.07, 6.45) is 1.77. The average molecular weight is 231 g/mol. The molecule has 0 saturated heterocycles. The van der Waals surface area contributed by atoms with Gasteiger partial charge in [-0.2, -0.15) is 0 Å². The molecule has 0 aliphatic heterocycles. The summed E-state index contributed by atoms with van der Waals surface area (Å²) in [5.41, 5.74) is 5.54. The normalized spacial score (nSPS) is 11.1. The van der Waals surface area contributed by atoms with Gasteiger partial charge in [0.05, 0.1) is 13.2 Å². The van der Waals surface area contributed by atoms with Crippen LogP contribution in [0.1, 0.15) is 4.88 Å². The molecule has 0 unspecified atom stereocenters. The van der Waals surface area contributed by atoms with Crippen molar-refractivity contribution in [2.45, 2.75) is 6.54 Å². The molecule has 0 saturated carbocycles. The second kappa shape index (κ2) is 6.73. The first-order valence-electron chi connectivity index (χ1n) is 4.78. The molecule has 1 aromatic rings. The number of nitrogens with two attached hydrogens (primary N) is 1. The van der Waals surface area contributed by atoms with Crippen LogP contribution >= 0.6 is 11.3 Å². The van der Waals surface area contributed by atoms with Crippen LogP contribution in [0.4, 0.5) is 5.13 Å². The maximum absolute atomic E-state index is 8.90. The number of nitrogens with zero attached hydrogens (tertiary/aromatic N) is 2. The Morgan fingerprint density at radius 1 is 1.60 bits per heavy atom. The molecule has 3 N–H and O–H groups in total. The van der Waals surface area contributed by atoms with Crippen molar-refractivity contribution < 1.29 is 9.84 Å². The summed E-state index contributed by atoms with van der Waals surface area (Å²) in [6.45, 7) is 3.01. The zero-order chi connectivity index (χ0) is 11.1. The quantitative estimate of drug-likeness (QED) is 0.700. The Morgan fingerprint density at radius 2 is 2.40 bits per heavy atom. The number of aliphatic hydroxyl groups excluding tert-OH is 1. The highest BCUT2D eigenvalue weighted by atomic mass is 32.1. The lowest BCUT2D eigenvalue weighted by Gasteiger charge is -2.19. The number of hydrogen-bond acceptors (Lipinski definition) is 6. The van der Waals surface area contributed by atoms with Crippen molar-refractivity contribution >= 4 is 16.5 Å². The van der Waals surface area contributed by atoms with Gasteiger partial charge in [0.25, 0.3) is 0 Å². The summed E-state index contributed by atoms with van der Waals surface area (Å²) >= 11 is 1.48. The van der Waals surface area contributed by atoms with Gasteiger partial charge in [-0.05, 0) is 0 Å². The molecule has 0 spiro atoms. The molecule has 0 fully saturated rings. The van der Waals surface area contributed by atoms with Crippen LogP contribution in [0.3, 0.4) is 0 Å². The molecule has 6 heteroatoms. The highest BCUT2D eigenvalue weighted by Gasteiger charge is 2.07. The van der Waals surface area contributed by atoms with Crippen LogP contribution in [-0.2, 0) is 11.3 Å². The molecular formula is C9H17N3O2S. The molecule has 1 aromatic heterocycles. The minimum Gasteiger partial charge on any atom is -0.395 e. The van der Waals surface area contributed by atoms with Crippen molar-refractivity contribution in [3.63, 3.8) is 0 Å². The predicted molar refractivity (Wildman–Crippen MR) is 60.8 cm³/mol. The van der Waals surface area contributed by atoms with E-state index in [1.54, 1.807) is 13.3 Å². The number of aromatic nitrogens is 1. The first-order valence-corrected chi connectivity index (χ1v) is 5.60. The molecule has 0 aliphatic carbocycles. The number of nitrogen functional groups attached to an aromatic ring is 1. The molecule has 0 bridgehead atoms. The first-order chi connectivity index (χ1) is 7.26. The number of methoxy groups -OCH3 is 1. The summed E-state index contributed by atoms with van der Waals surface area (Å²) in [5, 5.41) is 9.48. The lowest BCUT2D eigenvalue weighted by Crippen LogP contribution is -2.29. The lowest BCUT2D eigenvalue weighted by atomic mass is 10.4. The Kier molecular flexibility index (Phi) is 5.56. The van der Waals surface area contributed by atoms with Crippen molar-refractivity contribution in [3.05, 3.63) is 11.1 Å². The van der Waals surface area contributed by atoms with Gasteiger partial charge < -0.3 is 15.6 Å². The Morgan fingerprint density at radius 3 is 2.93 bits per heavy atom. The monoisotopic (exact) mass is 231 g/mol. The summed E-state index contributed by atoms with van der Waals surface area (Å²) in [4.78, 5) is 7.20. The fourth-order valence-corrected chi connectivity index (χ4v) is 1.97. The molecule has 1 rings (SSSR count). The number of thiazole rings is 1. The SMILES string of the molecule is COCCN(CCO)Cc1cnc(N)s1. The number of ether oxygens (including phenoxy) is 1. The molecular weight excluding hydrogens is 214 g/mol. The van der Waals surface area contributed by atoms with Crippen LogP contribution in [0.15, 0.2) is 6.20 Å². The minimum absolute atomic E-state index is 0.151. The van der Waals surface area contributed by atoms with Crippen LogP contribution in [-0.4, -0.2) is 48.4 Å². The summed E-state index contributed by atoms with van der Waals surface area (Å²) in [7, 11) is 1.67. The zero-order valence-corrected chi connectivity index (χ0v) is 9.66. The van der Waals surface area contributed by atoms with Crippen molar-refractivity contribution in [3.8, 4) is 0 Å². The Labute approximate surface area is 93.5 Å². The van der Waals surface area contributed by atoms with Gasteiger partial charge >= 0.3 is 0 Å².